The molecular weight excluding hydrogens is 512 g/mol. The summed E-state index contributed by atoms with van der Waals surface area (Å²) in [6.45, 7) is 7.18. The summed E-state index contributed by atoms with van der Waals surface area (Å²) in [6, 6.07) is 0. The molecule has 0 saturated heterocycles. The lowest BCUT2D eigenvalue weighted by molar-refractivity contribution is -0.151. The fraction of sp³-hybridized carbons (Fsp3) is 0.625. The number of ether oxygens (including phenoxy) is 2. The Hall–Kier alpha value is -2.84. The van der Waals surface area contributed by atoms with E-state index in [1.807, 2.05) is 13.8 Å². The number of aliphatic hydroxyl groups is 2. The molecule has 2 saturated carbocycles. The lowest BCUT2D eigenvalue weighted by Crippen LogP contribution is -2.50. The number of fused-ring (bicyclic) bond motifs is 6. The van der Waals surface area contributed by atoms with Crippen LogP contribution in [0, 0.1) is 45.3 Å². The Kier molecular flexibility index (Phi) is 4.90. The highest BCUT2D eigenvalue weighted by Gasteiger charge is 2.70. The lowest BCUT2D eigenvalue weighted by atomic mass is 9.59. The van der Waals surface area contributed by atoms with E-state index in [1.54, 1.807) is 26.0 Å². The first kappa shape index (κ1) is 26.1. The van der Waals surface area contributed by atoms with Gasteiger partial charge in [-0.2, -0.15) is 0 Å². The minimum atomic E-state index is -1.38. The maximum absolute atomic E-state index is 14.0. The molecule has 8 heteroatoms. The molecule has 2 N–H and O–H groups in total. The molecule has 212 valence electrons. The van der Waals surface area contributed by atoms with Crippen molar-refractivity contribution in [2.45, 2.75) is 65.6 Å². The second kappa shape index (κ2) is 7.51. The fourth-order valence-corrected chi connectivity index (χ4v) is 9.53. The first-order chi connectivity index (χ1) is 18.7. The first-order valence-corrected chi connectivity index (χ1v) is 14.2. The first-order valence-electron chi connectivity index (χ1n) is 14.2. The zero-order chi connectivity index (χ0) is 28.9. The van der Waals surface area contributed by atoms with Crippen molar-refractivity contribution in [2.75, 3.05) is 14.2 Å². The summed E-state index contributed by atoms with van der Waals surface area (Å²) in [5.41, 5.74) is -0.725. The predicted octanol–water partition coefficient (Wildman–Crippen LogP) is 2.78. The molecule has 7 rings (SSSR count). The molecule has 0 aromatic carbocycles. The monoisotopic (exact) mass is 548 g/mol. The van der Waals surface area contributed by atoms with Crippen LogP contribution in [-0.2, 0) is 28.7 Å². The molecule has 0 amide bonds. The molecule has 1 unspecified atom stereocenters. The van der Waals surface area contributed by atoms with Gasteiger partial charge in [-0.1, -0.05) is 37.1 Å². The summed E-state index contributed by atoms with van der Waals surface area (Å²) in [5, 5.41) is 23.2. The number of hydrogen-bond donors (Lipinski definition) is 2. The van der Waals surface area contributed by atoms with Crippen LogP contribution in [0.15, 0.2) is 45.6 Å². The van der Waals surface area contributed by atoms with E-state index in [9.17, 15) is 29.4 Å². The minimum absolute atomic E-state index is 0.0194. The summed E-state index contributed by atoms with van der Waals surface area (Å²) >= 11 is 0. The van der Waals surface area contributed by atoms with E-state index in [2.05, 4.69) is 0 Å². The van der Waals surface area contributed by atoms with Crippen molar-refractivity contribution in [3.63, 3.8) is 0 Å². The number of esters is 2. The van der Waals surface area contributed by atoms with E-state index >= 15 is 0 Å². The van der Waals surface area contributed by atoms with Crippen molar-refractivity contribution in [2.24, 2.45) is 45.3 Å². The molecule has 10 atom stereocenters. The third-order valence-corrected chi connectivity index (χ3v) is 12.2. The Bertz CT molecular complexity index is 1370. The van der Waals surface area contributed by atoms with Gasteiger partial charge in [-0.05, 0) is 74.3 Å². The SMILES string of the molecule is COC(=O)[C@]1(C)CC2=C3C=C(C(=O)[C@H](O)[C@@]3(C)[C@@H]3C[C@H]23)[C@](C)(C(=O)OC)CC2=C3C=C1C(=O)C(O)[C@@]3(C)[C@@H]1C[C@H]21. The Balaban J connectivity index is 1.57. The maximum Gasteiger partial charge on any atom is 0.316 e. The lowest BCUT2D eigenvalue weighted by Gasteiger charge is -2.44. The van der Waals surface area contributed by atoms with E-state index in [1.165, 1.54) is 14.2 Å². The Morgan fingerprint density at radius 2 is 1.07 bits per heavy atom. The van der Waals surface area contributed by atoms with Crippen molar-refractivity contribution >= 4 is 23.5 Å². The quantitative estimate of drug-likeness (QED) is 0.505. The highest BCUT2D eigenvalue weighted by molar-refractivity contribution is 6.09. The number of rotatable bonds is 2. The number of Topliss-reactive ketones (excluding diaryl/α,β-unsaturated/α-hetero) is 2. The molecule has 8 nitrogen and oxygen atoms in total. The molecule has 0 aromatic rings. The normalized spacial score (nSPS) is 47.9. The van der Waals surface area contributed by atoms with E-state index in [4.69, 9.17) is 9.47 Å². The highest BCUT2D eigenvalue weighted by atomic mass is 16.5. The summed E-state index contributed by atoms with van der Waals surface area (Å²) < 4.78 is 10.6. The van der Waals surface area contributed by atoms with E-state index in [-0.39, 0.29) is 47.7 Å². The van der Waals surface area contributed by atoms with Crippen LogP contribution in [0.25, 0.3) is 0 Å². The van der Waals surface area contributed by atoms with Crippen molar-refractivity contribution in [3.05, 3.63) is 45.6 Å². The topological polar surface area (TPSA) is 127 Å². The van der Waals surface area contributed by atoms with Crippen molar-refractivity contribution in [1.82, 2.24) is 0 Å². The third kappa shape index (κ3) is 2.70. The van der Waals surface area contributed by atoms with Gasteiger partial charge in [0.15, 0.2) is 11.6 Å². The van der Waals surface area contributed by atoms with Crippen LogP contribution in [0.3, 0.4) is 0 Å². The second-order valence-corrected chi connectivity index (χ2v) is 14.0. The molecule has 7 aliphatic carbocycles. The highest BCUT2D eigenvalue weighted by Crippen LogP contribution is 2.73. The number of carbonyl (C=O) groups is 4. The molecular formula is C32H36O8. The van der Waals surface area contributed by atoms with Crippen LogP contribution in [0.5, 0.6) is 0 Å². The van der Waals surface area contributed by atoms with Gasteiger partial charge in [0.2, 0.25) is 0 Å². The van der Waals surface area contributed by atoms with Crippen LogP contribution in [0.2, 0.25) is 0 Å². The molecule has 4 bridgehead atoms. The van der Waals surface area contributed by atoms with Gasteiger partial charge in [-0.15, -0.1) is 0 Å². The van der Waals surface area contributed by atoms with Crippen molar-refractivity contribution < 1.29 is 38.9 Å². The van der Waals surface area contributed by atoms with E-state index in [0.29, 0.717) is 0 Å². The number of aliphatic hydroxyl groups excluding tert-OH is 2. The summed E-state index contributed by atoms with van der Waals surface area (Å²) in [5.74, 6) is -1.95. The zero-order valence-electron chi connectivity index (χ0n) is 23.8. The van der Waals surface area contributed by atoms with Crippen LogP contribution < -0.4 is 0 Å². The predicted molar refractivity (Wildman–Crippen MR) is 141 cm³/mol. The molecule has 2 fully saturated rings. The number of carbonyl (C=O) groups excluding carboxylic acids is 4. The van der Waals surface area contributed by atoms with Gasteiger partial charge in [0, 0.05) is 22.0 Å². The summed E-state index contributed by atoms with van der Waals surface area (Å²) in [7, 11) is 2.60. The molecule has 0 radical (unpaired) electrons. The maximum atomic E-state index is 14.0. The van der Waals surface area contributed by atoms with Gasteiger partial charge in [0.05, 0.1) is 25.0 Å². The van der Waals surface area contributed by atoms with Gasteiger partial charge in [-0.25, -0.2) is 0 Å². The Labute approximate surface area is 233 Å². The Morgan fingerprint density at radius 1 is 0.725 bits per heavy atom. The number of ketones is 2. The molecule has 7 aliphatic rings. The zero-order valence-corrected chi connectivity index (χ0v) is 23.8. The number of allylic oxidation sites excluding steroid dienone is 4. The minimum Gasteiger partial charge on any atom is -0.468 e. The smallest absolute Gasteiger partial charge is 0.316 e. The third-order valence-electron chi connectivity index (χ3n) is 12.2. The number of methoxy groups -OCH3 is 2. The van der Waals surface area contributed by atoms with Gasteiger partial charge < -0.3 is 19.7 Å². The summed E-state index contributed by atoms with van der Waals surface area (Å²) in [4.78, 5) is 55.1. The Morgan fingerprint density at radius 3 is 1.40 bits per heavy atom. The van der Waals surface area contributed by atoms with Gasteiger partial charge in [-0.3, -0.25) is 19.2 Å². The fourth-order valence-electron chi connectivity index (χ4n) is 9.53. The van der Waals surface area contributed by atoms with Crippen molar-refractivity contribution in [3.8, 4) is 0 Å². The number of hydrogen-bond acceptors (Lipinski definition) is 8. The van der Waals surface area contributed by atoms with Gasteiger partial charge >= 0.3 is 11.9 Å². The van der Waals surface area contributed by atoms with E-state index < -0.39 is 57.4 Å². The largest absolute Gasteiger partial charge is 0.468 e. The molecule has 0 aromatic heterocycles. The van der Waals surface area contributed by atoms with E-state index in [0.717, 1.165) is 35.1 Å². The van der Waals surface area contributed by atoms with Gasteiger partial charge in [0.25, 0.3) is 0 Å². The van der Waals surface area contributed by atoms with Crippen molar-refractivity contribution in [1.29, 1.82) is 0 Å². The van der Waals surface area contributed by atoms with Crippen LogP contribution in [-0.4, -0.2) is 60.1 Å². The standard InChI is InChI=1S/C32H36O8/c1-29(27(37)39-5)11-15-13-7-17(13)32(4)20(15)10-22(24(34)26(32)36)30(2,28(38)40-6)12-16-14-8-18(14)31(3)19(16)9-21(29)23(33)25(31)35/h9-10,13-14,17-18,25-26,35-36H,7-8,11-12H2,1-6H3/t13-,14-,17-,18-,25+,26?,29-,30-,31+,32+/m1/s1. The molecule has 0 aliphatic heterocycles. The van der Waals surface area contributed by atoms with Crippen LogP contribution >= 0.6 is 0 Å². The van der Waals surface area contributed by atoms with Gasteiger partial charge in [0.1, 0.15) is 12.2 Å². The average Bonchev–Trinajstić information content (AvgIpc) is 3.84. The molecule has 40 heavy (non-hydrogen) atoms. The summed E-state index contributed by atoms with van der Waals surface area (Å²) in [6.07, 6.45) is 2.74. The van der Waals surface area contributed by atoms with Crippen LogP contribution in [0.4, 0.5) is 0 Å². The molecule has 0 spiro atoms. The van der Waals surface area contributed by atoms with Crippen LogP contribution in [0.1, 0.15) is 53.4 Å². The average molecular weight is 549 g/mol. The molecule has 0 heterocycles. The second-order valence-electron chi connectivity index (χ2n) is 14.0.